The fraction of sp³-hybridized carbons (Fsp3) is 0.368. The predicted molar refractivity (Wildman–Crippen MR) is 86.4 cm³/mol. The highest BCUT2D eigenvalue weighted by molar-refractivity contribution is 5.80. The largest absolute Gasteiger partial charge is 0.299 e. The van der Waals surface area contributed by atoms with Crippen LogP contribution in [0.5, 0.6) is 0 Å². The number of nitrogens with zero attached hydrogens (tertiary/aromatic N) is 1. The van der Waals surface area contributed by atoms with Gasteiger partial charge in [-0.15, -0.1) is 0 Å². The highest BCUT2D eigenvalue weighted by Gasteiger charge is 2.13. The molecule has 0 saturated heterocycles. The lowest BCUT2D eigenvalue weighted by molar-refractivity contribution is -0.118. The van der Waals surface area contributed by atoms with Gasteiger partial charge in [0.1, 0.15) is 5.78 Å². The van der Waals surface area contributed by atoms with E-state index in [2.05, 4.69) is 50.0 Å². The molecular weight excluding hydrogens is 258 g/mol. The molecule has 0 aliphatic carbocycles. The molecule has 0 bridgehead atoms. The molecular formula is C19H23NO. The summed E-state index contributed by atoms with van der Waals surface area (Å²) in [5, 5.41) is 0. The molecule has 110 valence electrons. The van der Waals surface area contributed by atoms with Gasteiger partial charge in [-0.3, -0.25) is 9.78 Å². The Morgan fingerprint density at radius 1 is 1.05 bits per heavy atom. The average Bonchev–Trinajstić information content (AvgIpc) is 2.46. The summed E-state index contributed by atoms with van der Waals surface area (Å²) < 4.78 is 0. The van der Waals surface area contributed by atoms with E-state index in [9.17, 15) is 4.79 Å². The maximum Gasteiger partial charge on any atom is 0.139 e. The Hall–Kier alpha value is -1.96. The van der Waals surface area contributed by atoms with Gasteiger partial charge in [-0.2, -0.15) is 0 Å². The van der Waals surface area contributed by atoms with Crippen molar-refractivity contribution in [3.63, 3.8) is 0 Å². The van der Waals surface area contributed by atoms with E-state index in [-0.39, 0.29) is 11.2 Å². The number of hydrogen-bond acceptors (Lipinski definition) is 2. The van der Waals surface area contributed by atoms with Crippen LogP contribution in [0.4, 0.5) is 0 Å². The molecule has 1 aromatic carbocycles. The summed E-state index contributed by atoms with van der Waals surface area (Å²) in [5.41, 5.74) is 3.57. The van der Waals surface area contributed by atoms with Gasteiger partial charge >= 0.3 is 0 Å². The summed E-state index contributed by atoms with van der Waals surface area (Å²) in [6.45, 7) is 6.62. The molecule has 0 aliphatic heterocycles. The van der Waals surface area contributed by atoms with E-state index in [1.165, 1.54) is 11.1 Å². The van der Waals surface area contributed by atoms with Gasteiger partial charge in [-0.1, -0.05) is 51.1 Å². The van der Waals surface area contributed by atoms with E-state index in [0.717, 1.165) is 12.1 Å². The van der Waals surface area contributed by atoms with Gasteiger partial charge in [0.05, 0.1) is 0 Å². The molecule has 0 N–H and O–H groups in total. The normalized spacial score (nSPS) is 11.4. The molecule has 0 aliphatic rings. The van der Waals surface area contributed by atoms with Crippen molar-refractivity contribution in [3.8, 4) is 0 Å². The minimum Gasteiger partial charge on any atom is -0.299 e. The van der Waals surface area contributed by atoms with Crippen molar-refractivity contribution in [1.29, 1.82) is 0 Å². The fourth-order valence-electron chi connectivity index (χ4n) is 2.25. The number of ketones is 1. The van der Waals surface area contributed by atoms with Gasteiger partial charge in [-0.05, 0) is 35.1 Å². The summed E-state index contributed by atoms with van der Waals surface area (Å²) in [6.07, 6.45) is 3.54. The number of carbonyl (C=O) groups is 1. The Morgan fingerprint density at radius 2 is 1.76 bits per heavy atom. The third-order valence-electron chi connectivity index (χ3n) is 3.62. The minimum absolute atomic E-state index is 0.174. The summed E-state index contributed by atoms with van der Waals surface area (Å²) >= 11 is 0. The molecule has 0 radical (unpaired) electrons. The second-order valence-electron chi connectivity index (χ2n) is 6.48. The van der Waals surface area contributed by atoms with Crippen molar-refractivity contribution in [2.75, 3.05) is 0 Å². The highest BCUT2D eigenvalue weighted by Crippen LogP contribution is 2.22. The maximum atomic E-state index is 12.0. The predicted octanol–water partition coefficient (Wildman–Crippen LogP) is 4.12. The van der Waals surface area contributed by atoms with Gasteiger partial charge in [0.25, 0.3) is 0 Å². The second-order valence-corrected chi connectivity index (χ2v) is 6.48. The molecule has 0 saturated carbocycles. The third-order valence-corrected chi connectivity index (χ3v) is 3.62. The first-order valence-corrected chi connectivity index (χ1v) is 7.46. The Morgan fingerprint density at radius 3 is 2.33 bits per heavy atom. The van der Waals surface area contributed by atoms with Crippen molar-refractivity contribution >= 4 is 5.78 Å². The molecule has 2 nitrogen and oxygen atoms in total. The molecule has 1 heterocycles. The first-order valence-electron chi connectivity index (χ1n) is 7.46. The van der Waals surface area contributed by atoms with Crippen molar-refractivity contribution < 1.29 is 4.79 Å². The van der Waals surface area contributed by atoms with E-state index in [1.54, 1.807) is 6.20 Å². The quantitative estimate of drug-likeness (QED) is 0.825. The lowest BCUT2D eigenvalue weighted by atomic mass is 9.86. The van der Waals surface area contributed by atoms with Gasteiger partial charge < -0.3 is 0 Å². The number of rotatable bonds is 5. The monoisotopic (exact) mass is 281 g/mol. The molecule has 2 heteroatoms. The topological polar surface area (TPSA) is 30.0 Å². The van der Waals surface area contributed by atoms with Crippen LogP contribution in [-0.2, 0) is 23.1 Å². The Kier molecular flexibility index (Phi) is 4.89. The van der Waals surface area contributed by atoms with Gasteiger partial charge in [0.2, 0.25) is 0 Å². The van der Waals surface area contributed by atoms with Crippen LogP contribution < -0.4 is 0 Å². The van der Waals surface area contributed by atoms with E-state index >= 15 is 0 Å². The van der Waals surface area contributed by atoms with Crippen LogP contribution in [-0.4, -0.2) is 10.8 Å². The molecule has 0 unspecified atom stereocenters. The van der Waals surface area contributed by atoms with E-state index in [4.69, 9.17) is 0 Å². The van der Waals surface area contributed by atoms with E-state index < -0.39 is 0 Å². The van der Waals surface area contributed by atoms with Crippen LogP contribution in [0.1, 0.15) is 44.0 Å². The molecule has 0 amide bonds. The van der Waals surface area contributed by atoms with Crippen LogP contribution in [0.15, 0.2) is 48.7 Å². The summed E-state index contributed by atoms with van der Waals surface area (Å²) in [6, 6.07) is 14.3. The van der Waals surface area contributed by atoms with Crippen LogP contribution >= 0.6 is 0 Å². The number of aryl methyl sites for hydroxylation is 1. The molecule has 2 aromatic rings. The zero-order chi connectivity index (χ0) is 15.3. The minimum atomic E-state index is 0.174. The highest BCUT2D eigenvalue weighted by atomic mass is 16.1. The number of aromatic nitrogens is 1. The van der Waals surface area contributed by atoms with Crippen molar-refractivity contribution in [2.45, 2.75) is 45.4 Å². The summed E-state index contributed by atoms with van der Waals surface area (Å²) in [5.74, 6) is 0.244. The molecule has 21 heavy (non-hydrogen) atoms. The number of benzene rings is 1. The van der Waals surface area contributed by atoms with Gasteiger partial charge in [0.15, 0.2) is 0 Å². The lowest BCUT2D eigenvalue weighted by Gasteiger charge is -2.19. The Labute approximate surface area is 127 Å². The standard InChI is InChI=1S/C19H23NO/c1-19(2,3)16-10-7-15(8-11-16)9-12-18(21)14-17-6-4-5-13-20-17/h4-8,10-11,13H,9,12,14H2,1-3H3. The number of pyridine rings is 1. The second kappa shape index (κ2) is 6.66. The first-order chi connectivity index (χ1) is 9.95. The van der Waals surface area contributed by atoms with Gasteiger partial charge in [0, 0.05) is 24.7 Å². The Balaban J connectivity index is 1.87. The maximum absolute atomic E-state index is 12.0. The SMILES string of the molecule is CC(C)(C)c1ccc(CCC(=O)Cc2ccccn2)cc1. The average molecular weight is 281 g/mol. The van der Waals surface area contributed by atoms with Crippen LogP contribution in [0.3, 0.4) is 0 Å². The smallest absolute Gasteiger partial charge is 0.139 e. The van der Waals surface area contributed by atoms with Gasteiger partial charge in [-0.25, -0.2) is 0 Å². The fourth-order valence-corrected chi connectivity index (χ4v) is 2.25. The zero-order valence-electron chi connectivity index (χ0n) is 13.1. The van der Waals surface area contributed by atoms with Crippen molar-refractivity contribution in [2.24, 2.45) is 0 Å². The Bertz CT molecular complexity index is 579. The number of Topliss-reactive ketones (excluding diaryl/α,β-unsaturated/α-hetero) is 1. The molecule has 0 atom stereocenters. The van der Waals surface area contributed by atoms with Crippen LogP contribution in [0, 0.1) is 0 Å². The number of carbonyl (C=O) groups excluding carboxylic acids is 1. The third kappa shape index (κ3) is 4.82. The molecule has 0 spiro atoms. The van der Waals surface area contributed by atoms with E-state index in [1.807, 2.05) is 18.2 Å². The lowest BCUT2D eigenvalue weighted by Crippen LogP contribution is -2.11. The van der Waals surface area contributed by atoms with Crippen LogP contribution in [0.25, 0.3) is 0 Å². The molecule has 2 rings (SSSR count). The zero-order valence-corrected chi connectivity index (χ0v) is 13.1. The van der Waals surface area contributed by atoms with E-state index in [0.29, 0.717) is 12.8 Å². The summed E-state index contributed by atoms with van der Waals surface area (Å²) in [7, 11) is 0. The molecule has 0 fully saturated rings. The van der Waals surface area contributed by atoms with Crippen molar-refractivity contribution in [1.82, 2.24) is 4.98 Å². The first kappa shape index (κ1) is 15.4. The number of hydrogen-bond donors (Lipinski definition) is 0. The van der Waals surface area contributed by atoms with Crippen molar-refractivity contribution in [3.05, 3.63) is 65.5 Å². The van der Waals surface area contributed by atoms with Crippen LogP contribution in [0.2, 0.25) is 0 Å². The molecule has 1 aromatic heterocycles. The summed E-state index contributed by atoms with van der Waals surface area (Å²) in [4.78, 5) is 16.2.